The average Bonchev–Trinajstić information content (AvgIpc) is 3.08. The maximum atomic E-state index is 6.20. The van der Waals surface area contributed by atoms with Crippen molar-refractivity contribution < 1.29 is 9.47 Å². The predicted molar refractivity (Wildman–Crippen MR) is 108 cm³/mol. The first-order valence-corrected chi connectivity index (χ1v) is 10.1. The van der Waals surface area contributed by atoms with E-state index in [2.05, 4.69) is 22.0 Å². The quantitative estimate of drug-likeness (QED) is 0.684. The molecule has 6 rings (SSSR count). The Balaban J connectivity index is 1.47. The zero-order valence-corrected chi connectivity index (χ0v) is 16.1. The third-order valence-electron chi connectivity index (χ3n) is 5.89. The molecule has 0 bridgehead atoms. The number of benzene rings is 2. The van der Waals surface area contributed by atoms with Gasteiger partial charge in [0.25, 0.3) is 0 Å². The van der Waals surface area contributed by atoms with Crippen LogP contribution >= 0.6 is 11.6 Å². The molecule has 3 heterocycles. The summed E-state index contributed by atoms with van der Waals surface area (Å²) in [5.74, 6) is 2.60. The standard InChI is InChI=1S/C22H20ClN3O2/c23-15-4-5-16-17(9-24-18(16)8-15)22-21(25-11-26(22)10-13-1-2-13)14-3-6-19-20(7-14)28-12-27-19/h3-8,11,13,17,24H,1-2,9-10,12H2. The number of aromatic nitrogens is 2. The number of imidazole rings is 1. The Hall–Kier alpha value is -2.66. The number of anilines is 1. The van der Waals surface area contributed by atoms with Crippen LogP contribution in [0.3, 0.4) is 0 Å². The normalized spacial score (nSPS) is 19.5. The van der Waals surface area contributed by atoms with Gasteiger partial charge in [-0.3, -0.25) is 0 Å². The first kappa shape index (κ1) is 16.3. The summed E-state index contributed by atoms with van der Waals surface area (Å²) in [6.07, 6.45) is 4.62. The fraction of sp³-hybridized carbons (Fsp3) is 0.318. The predicted octanol–water partition coefficient (Wildman–Crippen LogP) is 4.90. The molecule has 0 saturated heterocycles. The summed E-state index contributed by atoms with van der Waals surface area (Å²) in [5, 5.41) is 4.28. The van der Waals surface area contributed by atoms with Gasteiger partial charge in [-0.1, -0.05) is 17.7 Å². The summed E-state index contributed by atoms with van der Waals surface area (Å²) in [6.45, 7) is 2.17. The van der Waals surface area contributed by atoms with Crippen LogP contribution in [-0.2, 0) is 6.54 Å². The lowest BCUT2D eigenvalue weighted by Crippen LogP contribution is -2.12. The highest BCUT2D eigenvalue weighted by molar-refractivity contribution is 6.30. The Morgan fingerprint density at radius 2 is 2.00 bits per heavy atom. The lowest BCUT2D eigenvalue weighted by molar-refractivity contribution is 0.174. The van der Waals surface area contributed by atoms with Gasteiger partial charge in [-0.15, -0.1) is 0 Å². The first-order valence-electron chi connectivity index (χ1n) is 9.74. The molecule has 1 unspecified atom stereocenters. The second-order valence-corrected chi connectivity index (χ2v) is 8.24. The van der Waals surface area contributed by atoms with Crippen molar-refractivity contribution in [2.75, 3.05) is 18.7 Å². The molecule has 1 N–H and O–H groups in total. The van der Waals surface area contributed by atoms with Gasteiger partial charge >= 0.3 is 0 Å². The number of ether oxygens (including phenoxy) is 2. The van der Waals surface area contributed by atoms with E-state index in [0.29, 0.717) is 0 Å². The van der Waals surface area contributed by atoms with Crippen LogP contribution in [0.5, 0.6) is 11.5 Å². The van der Waals surface area contributed by atoms with E-state index in [1.54, 1.807) is 0 Å². The van der Waals surface area contributed by atoms with Crippen LogP contribution in [-0.4, -0.2) is 22.9 Å². The van der Waals surface area contributed by atoms with Crippen LogP contribution < -0.4 is 14.8 Å². The molecule has 1 atom stereocenters. The summed E-state index contributed by atoms with van der Waals surface area (Å²) < 4.78 is 13.4. The molecule has 2 aromatic carbocycles. The van der Waals surface area contributed by atoms with E-state index in [9.17, 15) is 0 Å². The van der Waals surface area contributed by atoms with Gasteiger partial charge < -0.3 is 19.4 Å². The van der Waals surface area contributed by atoms with Gasteiger partial charge in [-0.2, -0.15) is 0 Å². The van der Waals surface area contributed by atoms with Crippen molar-refractivity contribution in [2.24, 2.45) is 5.92 Å². The van der Waals surface area contributed by atoms with Crippen LogP contribution in [0.2, 0.25) is 5.02 Å². The largest absolute Gasteiger partial charge is 0.454 e. The number of nitrogens with zero attached hydrogens (tertiary/aromatic N) is 2. The maximum Gasteiger partial charge on any atom is 0.231 e. The Bertz CT molecular complexity index is 1070. The number of halogens is 1. The molecular formula is C22H20ClN3O2. The van der Waals surface area contributed by atoms with Crippen LogP contribution in [0, 0.1) is 5.92 Å². The molecule has 142 valence electrons. The molecule has 0 radical (unpaired) electrons. The van der Waals surface area contributed by atoms with Gasteiger partial charge in [0.2, 0.25) is 6.79 Å². The van der Waals surface area contributed by atoms with E-state index in [1.165, 1.54) is 24.1 Å². The van der Waals surface area contributed by atoms with Crippen molar-refractivity contribution in [3.05, 3.63) is 59.0 Å². The molecule has 2 aliphatic heterocycles. The summed E-state index contributed by atoms with van der Waals surface area (Å²) in [5.41, 5.74) is 5.75. The lowest BCUT2D eigenvalue weighted by atomic mass is 9.94. The van der Waals surface area contributed by atoms with E-state index in [4.69, 9.17) is 26.1 Å². The van der Waals surface area contributed by atoms with Crippen molar-refractivity contribution in [2.45, 2.75) is 25.3 Å². The summed E-state index contributed by atoms with van der Waals surface area (Å²) in [6, 6.07) is 12.2. The number of hydrogen-bond donors (Lipinski definition) is 1. The summed E-state index contributed by atoms with van der Waals surface area (Å²) in [7, 11) is 0. The Morgan fingerprint density at radius 1 is 1.11 bits per heavy atom. The van der Waals surface area contributed by atoms with Crippen molar-refractivity contribution in [1.29, 1.82) is 0 Å². The van der Waals surface area contributed by atoms with Gasteiger partial charge in [0, 0.05) is 35.3 Å². The second kappa shape index (κ2) is 6.17. The molecule has 28 heavy (non-hydrogen) atoms. The molecule has 5 nitrogen and oxygen atoms in total. The lowest BCUT2D eigenvalue weighted by Gasteiger charge is -2.17. The van der Waals surface area contributed by atoms with Gasteiger partial charge in [0.1, 0.15) is 0 Å². The Morgan fingerprint density at radius 3 is 2.89 bits per heavy atom. The Kier molecular flexibility index (Phi) is 3.60. The van der Waals surface area contributed by atoms with Crippen LogP contribution in [0.15, 0.2) is 42.7 Å². The summed E-state index contributed by atoms with van der Waals surface area (Å²) >= 11 is 6.20. The van der Waals surface area contributed by atoms with E-state index < -0.39 is 0 Å². The number of fused-ring (bicyclic) bond motifs is 2. The molecule has 0 spiro atoms. The minimum atomic E-state index is 0.244. The van der Waals surface area contributed by atoms with Crippen molar-refractivity contribution >= 4 is 17.3 Å². The SMILES string of the molecule is Clc1ccc2c(c1)NCC2c1c(-c2ccc3c(c2)OCO3)ncn1CC1CC1. The minimum Gasteiger partial charge on any atom is -0.454 e. The van der Waals surface area contributed by atoms with Gasteiger partial charge in [-0.25, -0.2) is 4.98 Å². The van der Waals surface area contributed by atoms with Crippen LogP contribution in [0.4, 0.5) is 5.69 Å². The fourth-order valence-corrected chi connectivity index (χ4v) is 4.47. The second-order valence-electron chi connectivity index (χ2n) is 7.81. The molecule has 1 saturated carbocycles. The fourth-order valence-electron chi connectivity index (χ4n) is 4.30. The molecule has 3 aromatic rings. The third-order valence-corrected chi connectivity index (χ3v) is 6.13. The molecule has 1 fully saturated rings. The molecular weight excluding hydrogens is 374 g/mol. The van der Waals surface area contributed by atoms with Crippen molar-refractivity contribution in [1.82, 2.24) is 9.55 Å². The molecule has 1 aromatic heterocycles. The zero-order valence-electron chi connectivity index (χ0n) is 15.3. The highest BCUT2D eigenvalue weighted by atomic mass is 35.5. The zero-order chi connectivity index (χ0) is 18.7. The molecule has 3 aliphatic rings. The highest BCUT2D eigenvalue weighted by Crippen LogP contribution is 2.43. The number of rotatable bonds is 4. The van der Waals surface area contributed by atoms with E-state index >= 15 is 0 Å². The van der Waals surface area contributed by atoms with Crippen molar-refractivity contribution in [3.8, 4) is 22.8 Å². The number of nitrogens with one attached hydrogen (secondary N) is 1. The van der Waals surface area contributed by atoms with Crippen molar-refractivity contribution in [3.63, 3.8) is 0 Å². The first-order chi connectivity index (χ1) is 13.8. The minimum absolute atomic E-state index is 0.244. The topological polar surface area (TPSA) is 48.3 Å². The maximum absolute atomic E-state index is 6.20. The monoisotopic (exact) mass is 393 g/mol. The molecule has 1 aliphatic carbocycles. The van der Waals surface area contributed by atoms with E-state index in [1.807, 2.05) is 30.6 Å². The smallest absolute Gasteiger partial charge is 0.231 e. The van der Waals surface area contributed by atoms with Gasteiger partial charge in [0.15, 0.2) is 11.5 Å². The average molecular weight is 394 g/mol. The van der Waals surface area contributed by atoms with Crippen LogP contribution in [0.1, 0.15) is 30.0 Å². The third kappa shape index (κ3) is 2.65. The van der Waals surface area contributed by atoms with Crippen LogP contribution in [0.25, 0.3) is 11.3 Å². The Labute approximate surface area is 168 Å². The van der Waals surface area contributed by atoms with E-state index in [-0.39, 0.29) is 12.7 Å². The highest BCUT2D eigenvalue weighted by Gasteiger charge is 2.32. The van der Waals surface area contributed by atoms with Gasteiger partial charge in [0.05, 0.1) is 17.7 Å². The number of hydrogen-bond acceptors (Lipinski definition) is 4. The molecule has 6 heteroatoms. The molecule has 0 amide bonds. The summed E-state index contributed by atoms with van der Waals surface area (Å²) in [4.78, 5) is 4.84. The van der Waals surface area contributed by atoms with Gasteiger partial charge in [-0.05, 0) is 54.7 Å². The van der Waals surface area contributed by atoms with E-state index in [0.717, 1.165) is 52.5 Å².